The van der Waals surface area contributed by atoms with E-state index in [9.17, 15) is 9.59 Å². The Hall–Kier alpha value is -3.54. The summed E-state index contributed by atoms with van der Waals surface area (Å²) in [5.41, 5.74) is 1.56. The van der Waals surface area contributed by atoms with Gasteiger partial charge in [-0.25, -0.2) is 4.39 Å². The number of aromatic nitrogens is 1. The summed E-state index contributed by atoms with van der Waals surface area (Å²) in [5, 5.41) is 3.08. The molecule has 2 heterocycles. The van der Waals surface area contributed by atoms with Gasteiger partial charge in [0.25, 0.3) is 5.91 Å². The molecule has 168 valence electrons. The van der Waals surface area contributed by atoms with Crippen molar-refractivity contribution in [2.75, 3.05) is 4.90 Å². The van der Waals surface area contributed by atoms with Crippen molar-refractivity contribution in [3.05, 3.63) is 95.6 Å². The van der Waals surface area contributed by atoms with E-state index in [0.29, 0.717) is 24.9 Å². The van der Waals surface area contributed by atoms with Crippen molar-refractivity contribution in [3.8, 4) is 0 Å². The van der Waals surface area contributed by atoms with Gasteiger partial charge in [-0.1, -0.05) is 49.6 Å². The van der Waals surface area contributed by atoms with Crippen LogP contribution in [0.4, 0.5) is 10.1 Å². The third-order valence-corrected chi connectivity index (χ3v) is 6.98. The second-order valence-corrected chi connectivity index (χ2v) is 8.85. The molecule has 0 bridgehead atoms. The zero-order valence-electron chi connectivity index (χ0n) is 18.3. The zero-order valence-corrected chi connectivity index (χ0v) is 18.3. The van der Waals surface area contributed by atoms with Crippen LogP contribution in [0.2, 0.25) is 0 Å². The fourth-order valence-corrected chi connectivity index (χ4v) is 5.52. The van der Waals surface area contributed by atoms with Crippen LogP contribution in [-0.4, -0.2) is 22.3 Å². The SMILES string of the molecule is O=C(NCc1ccncc1)C1c2ccccc2C(=O)N(c2ccccc2F)C12CCCCC2. The largest absolute Gasteiger partial charge is 0.351 e. The molecule has 1 fully saturated rings. The smallest absolute Gasteiger partial charge is 0.259 e. The van der Waals surface area contributed by atoms with Crippen molar-refractivity contribution in [2.24, 2.45) is 0 Å². The lowest BCUT2D eigenvalue weighted by molar-refractivity contribution is -0.124. The van der Waals surface area contributed by atoms with Crippen molar-refractivity contribution in [3.63, 3.8) is 0 Å². The number of pyridine rings is 1. The Morgan fingerprint density at radius 2 is 1.70 bits per heavy atom. The van der Waals surface area contributed by atoms with E-state index < -0.39 is 17.3 Å². The van der Waals surface area contributed by atoms with Gasteiger partial charge in [0.05, 0.1) is 17.1 Å². The molecule has 1 aromatic heterocycles. The number of benzene rings is 2. The average Bonchev–Trinajstić information content (AvgIpc) is 2.85. The average molecular weight is 444 g/mol. The Morgan fingerprint density at radius 3 is 2.45 bits per heavy atom. The molecule has 2 aliphatic rings. The molecule has 0 saturated heterocycles. The Morgan fingerprint density at radius 1 is 1.00 bits per heavy atom. The highest BCUT2D eigenvalue weighted by Crippen LogP contribution is 2.51. The fourth-order valence-electron chi connectivity index (χ4n) is 5.52. The van der Waals surface area contributed by atoms with Gasteiger partial charge < -0.3 is 5.32 Å². The molecular formula is C27H26FN3O2. The quantitative estimate of drug-likeness (QED) is 0.618. The zero-order chi connectivity index (χ0) is 22.8. The molecule has 1 spiro atoms. The highest BCUT2D eigenvalue weighted by molar-refractivity contribution is 6.12. The predicted molar refractivity (Wildman–Crippen MR) is 124 cm³/mol. The number of carbonyl (C=O) groups is 2. The van der Waals surface area contributed by atoms with E-state index in [1.165, 1.54) is 6.07 Å². The van der Waals surface area contributed by atoms with Gasteiger partial charge in [-0.15, -0.1) is 0 Å². The number of nitrogens with zero attached hydrogens (tertiary/aromatic N) is 2. The first-order valence-electron chi connectivity index (χ1n) is 11.5. The third kappa shape index (κ3) is 3.69. The molecule has 33 heavy (non-hydrogen) atoms. The van der Waals surface area contributed by atoms with Crippen LogP contribution in [-0.2, 0) is 11.3 Å². The summed E-state index contributed by atoms with van der Waals surface area (Å²) in [4.78, 5) is 33.3. The van der Waals surface area contributed by atoms with Crippen LogP contribution in [0.1, 0.15) is 59.5 Å². The van der Waals surface area contributed by atoms with Gasteiger partial charge in [0.15, 0.2) is 0 Å². The number of fused-ring (bicyclic) bond motifs is 1. The number of hydrogen-bond donors (Lipinski definition) is 1. The molecule has 2 aromatic carbocycles. The predicted octanol–water partition coefficient (Wildman–Crippen LogP) is 4.98. The summed E-state index contributed by atoms with van der Waals surface area (Å²) in [7, 11) is 0. The van der Waals surface area contributed by atoms with Crippen LogP contribution in [0.3, 0.4) is 0 Å². The van der Waals surface area contributed by atoms with E-state index in [4.69, 9.17) is 0 Å². The van der Waals surface area contributed by atoms with Gasteiger partial charge in [0.1, 0.15) is 5.82 Å². The number of carbonyl (C=O) groups excluding carboxylic acids is 2. The maximum Gasteiger partial charge on any atom is 0.259 e. The van der Waals surface area contributed by atoms with Gasteiger partial charge in [0, 0.05) is 24.5 Å². The normalized spacial score (nSPS) is 19.2. The first kappa shape index (κ1) is 21.3. The lowest BCUT2D eigenvalue weighted by Crippen LogP contribution is -2.63. The molecule has 2 amide bonds. The first-order chi connectivity index (χ1) is 16.1. The van der Waals surface area contributed by atoms with Gasteiger partial charge in [0.2, 0.25) is 5.91 Å². The number of anilines is 1. The summed E-state index contributed by atoms with van der Waals surface area (Å²) < 4.78 is 15.1. The monoisotopic (exact) mass is 443 g/mol. The number of rotatable bonds is 4. The molecule has 6 heteroatoms. The van der Waals surface area contributed by atoms with E-state index in [1.807, 2.05) is 24.3 Å². The Bertz CT molecular complexity index is 1170. The third-order valence-electron chi connectivity index (χ3n) is 6.98. The summed E-state index contributed by atoms with van der Waals surface area (Å²) in [6.07, 6.45) is 7.48. The molecule has 1 unspecified atom stereocenters. The number of halogens is 1. The van der Waals surface area contributed by atoms with Crippen LogP contribution in [0.15, 0.2) is 73.1 Å². The Kier molecular flexibility index (Phi) is 5.67. The van der Waals surface area contributed by atoms with E-state index in [1.54, 1.807) is 47.6 Å². The van der Waals surface area contributed by atoms with Crippen LogP contribution >= 0.6 is 0 Å². The highest BCUT2D eigenvalue weighted by Gasteiger charge is 2.55. The molecule has 1 aliphatic heterocycles. The molecule has 5 rings (SSSR count). The molecule has 0 radical (unpaired) electrons. The highest BCUT2D eigenvalue weighted by atomic mass is 19.1. The maximum absolute atomic E-state index is 15.1. The van der Waals surface area contributed by atoms with Crippen molar-refractivity contribution in [2.45, 2.75) is 50.1 Å². The fraction of sp³-hybridized carbons (Fsp3) is 0.296. The maximum atomic E-state index is 15.1. The van der Waals surface area contributed by atoms with Gasteiger partial charge in [-0.2, -0.15) is 0 Å². The minimum Gasteiger partial charge on any atom is -0.351 e. The minimum atomic E-state index is -0.811. The lowest BCUT2D eigenvalue weighted by Gasteiger charge is -2.53. The topological polar surface area (TPSA) is 62.3 Å². The number of nitrogens with one attached hydrogen (secondary N) is 1. The molecule has 5 nitrogen and oxygen atoms in total. The van der Waals surface area contributed by atoms with Crippen molar-refractivity contribution in [1.29, 1.82) is 0 Å². The second kappa shape index (κ2) is 8.77. The molecule has 1 aliphatic carbocycles. The second-order valence-electron chi connectivity index (χ2n) is 8.85. The summed E-state index contributed by atoms with van der Waals surface area (Å²) >= 11 is 0. The molecule has 3 aromatic rings. The van der Waals surface area contributed by atoms with Crippen LogP contribution in [0.5, 0.6) is 0 Å². The summed E-state index contributed by atoms with van der Waals surface area (Å²) in [5.74, 6) is -1.43. The molecular weight excluding hydrogens is 417 g/mol. The van der Waals surface area contributed by atoms with E-state index in [2.05, 4.69) is 10.3 Å². The lowest BCUT2D eigenvalue weighted by atomic mass is 9.65. The number of hydrogen-bond acceptors (Lipinski definition) is 3. The molecule has 1 N–H and O–H groups in total. The Labute approximate surface area is 192 Å². The number of para-hydroxylation sites is 1. The van der Waals surface area contributed by atoms with E-state index in [0.717, 1.165) is 30.4 Å². The first-order valence-corrected chi connectivity index (χ1v) is 11.5. The van der Waals surface area contributed by atoms with Crippen molar-refractivity contribution < 1.29 is 14.0 Å². The van der Waals surface area contributed by atoms with E-state index in [-0.39, 0.29) is 17.5 Å². The molecule has 1 saturated carbocycles. The van der Waals surface area contributed by atoms with Gasteiger partial charge in [-0.05, 0) is 54.3 Å². The van der Waals surface area contributed by atoms with Gasteiger partial charge >= 0.3 is 0 Å². The van der Waals surface area contributed by atoms with Crippen LogP contribution in [0, 0.1) is 5.82 Å². The summed E-state index contributed by atoms with van der Waals surface area (Å²) in [6.45, 7) is 0.365. The number of amides is 2. The van der Waals surface area contributed by atoms with Crippen molar-refractivity contribution >= 4 is 17.5 Å². The minimum absolute atomic E-state index is 0.144. The van der Waals surface area contributed by atoms with E-state index >= 15 is 4.39 Å². The molecule has 1 atom stereocenters. The Balaban J connectivity index is 1.63. The standard InChI is InChI=1S/C27H26FN3O2/c28-22-10-4-5-11-23(22)31-26(33)21-9-3-2-8-20(21)24(27(31)14-6-1-7-15-27)25(32)30-18-19-12-16-29-17-13-19/h2-5,8-13,16-17,24H,1,6-7,14-15,18H2,(H,30,32). The van der Waals surface area contributed by atoms with Crippen LogP contribution < -0.4 is 10.2 Å². The van der Waals surface area contributed by atoms with Gasteiger partial charge in [-0.3, -0.25) is 19.5 Å². The van der Waals surface area contributed by atoms with Crippen molar-refractivity contribution in [1.82, 2.24) is 10.3 Å². The summed E-state index contributed by atoms with van der Waals surface area (Å²) in [6, 6.07) is 17.4. The van der Waals surface area contributed by atoms with Crippen LogP contribution in [0.25, 0.3) is 0 Å².